The fourth-order valence-corrected chi connectivity index (χ4v) is 5.37. The van der Waals surface area contributed by atoms with Crippen molar-refractivity contribution < 1.29 is 8.42 Å². The van der Waals surface area contributed by atoms with Gasteiger partial charge in [-0.2, -0.15) is 17.0 Å². The molecule has 0 aliphatic carbocycles. The molecule has 2 aliphatic heterocycles. The summed E-state index contributed by atoms with van der Waals surface area (Å²) in [6.45, 7) is 6.08. The number of hydrogen-bond donors (Lipinski definition) is 0. The average Bonchev–Trinajstić information content (AvgIpc) is 2.63. The smallest absolute Gasteiger partial charge is 0.282 e. The van der Waals surface area contributed by atoms with Gasteiger partial charge in [-0.05, 0) is 55.7 Å². The van der Waals surface area contributed by atoms with Crippen LogP contribution in [0.5, 0.6) is 0 Å². The summed E-state index contributed by atoms with van der Waals surface area (Å²) in [5.41, 5.74) is 2.29. The van der Waals surface area contributed by atoms with E-state index >= 15 is 0 Å². The van der Waals surface area contributed by atoms with Crippen LogP contribution in [-0.2, 0) is 16.8 Å². The Morgan fingerprint density at radius 1 is 1.04 bits per heavy atom. The van der Waals surface area contributed by atoms with Crippen molar-refractivity contribution in [1.82, 2.24) is 8.61 Å². The number of nitrogens with zero attached hydrogens (tertiary/aromatic N) is 3. The number of piperidine rings is 2. The molecule has 1 unspecified atom stereocenters. The average molecular weight is 366 g/mol. The maximum Gasteiger partial charge on any atom is 0.282 e. The molecule has 3 rings (SSSR count). The fraction of sp³-hybridized carbons (Fsp3) is 0.684. The van der Waals surface area contributed by atoms with Crippen LogP contribution in [0.3, 0.4) is 0 Å². The first kappa shape index (κ1) is 18.7. The third-order valence-corrected chi connectivity index (χ3v) is 7.30. The molecule has 2 aliphatic rings. The van der Waals surface area contributed by atoms with Crippen molar-refractivity contribution in [3.63, 3.8) is 0 Å². The third-order valence-electron chi connectivity index (χ3n) is 5.40. The number of hydrogen-bond acceptors (Lipinski definition) is 3. The van der Waals surface area contributed by atoms with Gasteiger partial charge in [0.25, 0.3) is 10.2 Å². The number of anilines is 1. The summed E-state index contributed by atoms with van der Waals surface area (Å²) < 4.78 is 28.7. The van der Waals surface area contributed by atoms with Crippen LogP contribution in [0.2, 0.25) is 0 Å². The van der Waals surface area contributed by atoms with Gasteiger partial charge in [0.05, 0.1) is 0 Å². The molecule has 0 radical (unpaired) electrons. The first-order valence-corrected chi connectivity index (χ1v) is 10.9. The molecule has 0 saturated carbocycles. The van der Waals surface area contributed by atoms with Crippen LogP contribution < -0.4 is 4.90 Å². The third kappa shape index (κ3) is 4.54. The van der Waals surface area contributed by atoms with E-state index in [-0.39, 0.29) is 0 Å². The molecule has 0 bridgehead atoms. The lowest BCUT2D eigenvalue weighted by Crippen LogP contribution is -2.45. The van der Waals surface area contributed by atoms with Gasteiger partial charge in [0, 0.05) is 45.5 Å². The lowest BCUT2D eigenvalue weighted by molar-refractivity contribution is 0.263. The van der Waals surface area contributed by atoms with E-state index < -0.39 is 10.2 Å². The SMILES string of the molecule is CC1CCCN(S(=O)(=O)N(C)Cc2ccc(N3CCCCC3)cc2)C1. The first-order valence-electron chi connectivity index (χ1n) is 9.52. The van der Waals surface area contributed by atoms with Crippen molar-refractivity contribution in [3.05, 3.63) is 29.8 Å². The standard InChI is InChI=1S/C19H31N3O2S/c1-17-7-6-14-22(15-17)25(23,24)20(2)16-18-8-10-19(11-9-18)21-12-4-3-5-13-21/h8-11,17H,3-7,12-16H2,1-2H3. The van der Waals surface area contributed by atoms with E-state index in [2.05, 4.69) is 36.1 Å². The normalized spacial score (nSPS) is 23.2. The van der Waals surface area contributed by atoms with Gasteiger partial charge in [0.2, 0.25) is 0 Å². The molecule has 0 N–H and O–H groups in total. The van der Waals surface area contributed by atoms with Crippen molar-refractivity contribution in [2.75, 3.05) is 38.1 Å². The molecule has 25 heavy (non-hydrogen) atoms. The number of benzene rings is 1. The molecule has 1 aromatic rings. The zero-order chi connectivity index (χ0) is 17.9. The topological polar surface area (TPSA) is 43.9 Å². The predicted molar refractivity (Wildman–Crippen MR) is 103 cm³/mol. The van der Waals surface area contributed by atoms with Crippen LogP contribution in [0, 0.1) is 5.92 Å². The Hall–Kier alpha value is -1.11. The molecule has 140 valence electrons. The predicted octanol–water partition coefficient (Wildman–Crippen LogP) is 3.09. The minimum absolute atomic E-state index is 0.424. The van der Waals surface area contributed by atoms with Crippen LogP contribution in [0.1, 0.15) is 44.6 Å². The molecule has 2 fully saturated rings. The van der Waals surface area contributed by atoms with Gasteiger partial charge >= 0.3 is 0 Å². The highest BCUT2D eigenvalue weighted by Gasteiger charge is 2.30. The van der Waals surface area contributed by atoms with Crippen LogP contribution in [-0.4, -0.2) is 50.3 Å². The number of rotatable bonds is 5. The van der Waals surface area contributed by atoms with Gasteiger partial charge < -0.3 is 4.90 Å². The van der Waals surface area contributed by atoms with Crippen molar-refractivity contribution in [2.45, 2.75) is 45.6 Å². The second-order valence-corrected chi connectivity index (χ2v) is 9.62. The minimum atomic E-state index is -3.37. The van der Waals surface area contributed by atoms with Crippen molar-refractivity contribution >= 4 is 15.9 Å². The molecule has 1 aromatic carbocycles. The van der Waals surface area contributed by atoms with Gasteiger partial charge in [0.15, 0.2) is 0 Å². The molecule has 1 atom stereocenters. The summed E-state index contributed by atoms with van der Waals surface area (Å²) in [5, 5.41) is 0. The van der Waals surface area contributed by atoms with Gasteiger partial charge in [-0.1, -0.05) is 19.1 Å². The maximum absolute atomic E-state index is 12.8. The lowest BCUT2D eigenvalue weighted by atomic mass is 10.0. The van der Waals surface area contributed by atoms with Crippen LogP contribution in [0.25, 0.3) is 0 Å². The Kier molecular flexibility index (Phi) is 6.02. The molecule has 0 aromatic heterocycles. The van der Waals surface area contributed by atoms with Gasteiger partial charge in [-0.25, -0.2) is 0 Å². The Bertz CT molecular complexity index is 654. The van der Waals surface area contributed by atoms with Crippen LogP contribution in [0.4, 0.5) is 5.69 Å². The van der Waals surface area contributed by atoms with E-state index in [9.17, 15) is 8.42 Å². The highest BCUT2D eigenvalue weighted by molar-refractivity contribution is 7.86. The van der Waals surface area contributed by atoms with E-state index in [1.807, 2.05) is 0 Å². The molecule has 0 spiro atoms. The highest BCUT2D eigenvalue weighted by atomic mass is 32.2. The zero-order valence-corrected chi connectivity index (χ0v) is 16.3. The highest BCUT2D eigenvalue weighted by Crippen LogP contribution is 2.23. The molecule has 2 saturated heterocycles. The molecule has 5 nitrogen and oxygen atoms in total. The van der Waals surface area contributed by atoms with Crippen molar-refractivity contribution in [3.8, 4) is 0 Å². The van der Waals surface area contributed by atoms with E-state index in [0.717, 1.165) is 31.5 Å². The Labute approximate surface area is 152 Å². The molecular formula is C19H31N3O2S. The van der Waals surface area contributed by atoms with E-state index in [4.69, 9.17) is 0 Å². The lowest BCUT2D eigenvalue weighted by Gasteiger charge is -2.33. The van der Waals surface area contributed by atoms with Crippen LogP contribution >= 0.6 is 0 Å². The fourth-order valence-electron chi connectivity index (χ4n) is 3.86. The van der Waals surface area contributed by atoms with Crippen molar-refractivity contribution in [1.29, 1.82) is 0 Å². The molecular weight excluding hydrogens is 334 g/mol. The summed E-state index contributed by atoms with van der Waals surface area (Å²) >= 11 is 0. The second kappa shape index (κ2) is 8.06. The minimum Gasteiger partial charge on any atom is -0.372 e. The summed E-state index contributed by atoms with van der Waals surface area (Å²) in [7, 11) is -1.68. The van der Waals surface area contributed by atoms with Gasteiger partial charge in [0.1, 0.15) is 0 Å². The summed E-state index contributed by atoms with van der Waals surface area (Å²) in [6, 6.07) is 8.39. The van der Waals surface area contributed by atoms with Crippen molar-refractivity contribution in [2.24, 2.45) is 5.92 Å². The van der Waals surface area contributed by atoms with Gasteiger partial charge in [-0.15, -0.1) is 0 Å². The quantitative estimate of drug-likeness (QED) is 0.805. The summed E-state index contributed by atoms with van der Waals surface area (Å²) in [5.74, 6) is 0.445. The van der Waals surface area contributed by atoms with Gasteiger partial charge in [-0.3, -0.25) is 0 Å². The Balaban J connectivity index is 1.62. The van der Waals surface area contributed by atoms with E-state index in [1.54, 1.807) is 11.4 Å². The van der Waals surface area contributed by atoms with E-state index in [0.29, 0.717) is 25.6 Å². The van der Waals surface area contributed by atoms with Crippen LogP contribution in [0.15, 0.2) is 24.3 Å². The monoisotopic (exact) mass is 365 g/mol. The second-order valence-electron chi connectivity index (χ2n) is 7.58. The Morgan fingerprint density at radius 3 is 2.36 bits per heavy atom. The molecule has 2 heterocycles. The molecule has 0 amide bonds. The molecule has 6 heteroatoms. The first-order chi connectivity index (χ1) is 12.0. The largest absolute Gasteiger partial charge is 0.372 e. The Morgan fingerprint density at radius 2 is 1.72 bits per heavy atom. The zero-order valence-electron chi connectivity index (χ0n) is 15.5. The maximum atomic E-state index is 12.8. The van der Waals surface area contributed by atoms with E-state index in [1.165, 1.54) is 29.3 Å². The summed E-state index contributed by atoms with van der Waals surface area (Å²) in [4.78, 5) is 2.42. The summed E-state index contributed by atoms with van der Waals surface area (Å²) in [6.07, 6.45) is 5.92.